The van der Waals surface area contributed by atoms with Crippen molar-refractivity contribution in [1.82, 2.24) is 9.97 Å². The number of nitrogens with one attached hydrogen (secondary N) is 1. The Morgan fingerprint density at radius 2 is 2.04 bits per heavy atom. The minimum atomic E-state index is -3.71. The Bertz CT molecular complexity index is 967. The molecule has 6 nitrogen and oxygen atoms in total. The molecule has 23 heavy (non-hydrogen) atoms. The van der Waals surface area contributed by atoms with Gasteiger partial charge in [-0.05, 0) is 37.6 Å². The van der Waals surface area contributed by atoms with Crippen LogP contribution in [0.1, 0.15) is 23.4 Å². The highest BCUT2D eigenvalue weighted by Crippen LogP contribution is 2.29. The Hall–Kier alpha value is -2.03. The van der Waals surface area contributed by atoms with Gasteiger partial charge in [0, 0.05) is 4.88 Å². The van der Waals surface area contributed by atoms with Gasteiger partial charge in [0.05, 0.1) is 16.3 Å². The molecule has 3 rings (SSSR count). The highest BCUT2D eigenvalue weighted by atomic mass is 32.2. The fourth-order valence-corrected chi connectivity index (χ4v) is 3.76. The van der Waals surface area contributed by atoms with E-state index in [0.717, 1.165) is 26.5 Å². The first-order valence-corrected chi connectivity index (χ1v) is 9.31. The predicted molar refractivity (Wildman–Crippen MR) is 92.0 cm³/mol. The lowest BCUT2D eigenvalue weighted by molar-refractivity contribution is 0.597. The summed E-state index contributed by atoms with van der Waals surface area (Å²) < 4.78 is 23.0. The highest BCUT2D eigenvalue weighted by Gasteiger charge is 2.14. The third-order valence-electron chi connectivity index (χ3n) is 3.49. The molecule has 0 saturated heterocycles. The van der Waals surface area contributed by atoms with Crippen molar-refractivity contribution in [3.8, 4) is 0 Å². The zero-order chi connectivity index (χ0) is 16.6. The van der Waals surface area contributed by atoms with Gasteiger partial charge in [0.15, 0.2) is 0 Å². The van der Waals surface area contributed by atoms with E-state index in [2.05, 4.69) is 15.3 Å². The van der Waals surface area contributed by atoms with Crippen molar-refractivity contribution in [2.24, 2.45) is 5.14 Å². The van der Waals surface area contributed by atoms with Crippen LogP contribution in [-0.4, -0.2) is 18.4 Å². The van der Waals surface area contributed by atoms with Gasteiger partial charge in [-0.1, -0.05) is 12.1 Å². The van der Waals surface area contributed by atoms with Gasteiger partial charge in [-0.2, -0.15) is 0 Å². The van der Waals surface area contributed by atoms with Gasteiger partial charge in [0.2, 0.25) is 10.0 Å². The zero-order valence-electron chi connectivity index (χ0n) is 12.6. The third-order valence-corrected chi connectivity index (χ3v) is 5.36. The Kier molecular flexibility index (Phi) is 4.05. The van der Waals surface area contributed by atoms with Crippen molar-refractivity contribution < 1.29 is 8.42 Å². The van der Waals surface area contributed by atoms with Crippen molar-refractivity contribution in [1.29, 1.82) is 0 Å². The van der Waals surface area contributed by atoms with E-state index in [-0.39, 0.29) is 10.9 Å². The van der Waals surface area contributed by atoms with Gasteiger partial charge in [0.25, 0.3) is 0 Å². The fraction of sp³-hybridized carbons (Fsp3) is 0.200. The van der Waals surface area contributed by atoms with Gasteiger partial charge in [0.1, 0.15) is 17.0 Å². The number of anilines is 1. The summed E-state index contributed by atoms with van der Waals surface area (Å²) in [6.45, 7) is 3.96. The molecule has 0 spiro atoms. The van der Waals surface area contributed by atoms with Crippen molar-refractivity contribution in [2.45, 2.75) is 24.8 Å². The lowest BCUT2D eigenvalue weighted by atomic mass is 10.1. The molecule has 2 heterocycles. The molecule has 8 heteroatoms. The normalized spacial score (nSPS) is 13.2. The van der Waals surface area contributed by atoms with Gasteiger partial charge < -0.3 is 5.32 Å². The number of hydrogen-bond acceptors (Lipinski definition) is 6. The van der Waals surface area contributed by atoms with Crippen LogP contribution in [0.4, 0.5) is 5.82 Å². The highest BCUT2D eigenvalue weighted by molar-refractivity contribution is 7.89. The Morgan fingerprint density at radius 1 is 1.26 bits per heavy atom. The summed E-state index contributed by atoms with van der Waals surface area (Å²) in [6, 6.07) is 8.49. The average molecular weight is 348 g/mol. The molecular weight excluding hydrogens is 332 g/mol. The minimum absolute atomic E-state index is 0.0999. The van der Waals surface area contributed by atoms with E-state index in [4.69, 9.17) is 5.14 Å². The van der Waals surface area contributed by atoms with Gasteiger partial charge in [-0.15, -0.1) is 11.3 Å². The number of aryl methyl sites for hydroxylation is 1. The van der Waals surface area contributed by atoms with Crippen LogP contribution < -0.4 is 10.5 Å². The quantitative estimate of drug-likeness (QED) is 0.755. The van der Waals surface area contributed by atoms with E-state index in [1.165, 1.54) is 12.4 Å². The van der Waals surface area contributed by atoms with E-state index in [0.29, 0.717) is 0 Å². The first-order valence-electron chi connectivity index (χ1n) is 6.95. The van der Waals surface area contributed by atoms with Crippen LogP contribution in [0.3, 0.4) is 0 Å². The lowest BCUT2D eigenvalue weighted by Gasteiger charge is -2.16. The van der Waals surface area contributed by atoms with Crippen LogP contribution in [0, 0.1) is 6.92 Å². The summed E-state index contributed by atoms with van der Waals surface area (Å²) in [5.41, 5.74) is 0.815. The number of aromatic nitrogens is 2. The van der Waals surface area contributed by atoms with Gasteiger partial charge in [-0.3, -0.25) is 0 Å². The van der Waals surface area contributed by atoms with Gasteiger partial charge >= 0.3 is 0 Å². The molecule has 0 bridgehead atoms. The predicted octanol–water partition coefficient (Wildman–Crippen LogP) is 2.82. The van der Waals surface area contributed by atoms with E-state index in [9.17, 15) is 8.42 Å². The summed E-state index contributed by atoms with van der Waals surface area (Å²) in [5.74, 6) is 0.729. The molecule has 3 N–H and O–H groups in total. The molecule has 0 fully saturated rings. The fourth-order valence-electron chi connectivity index (χ4n) is 2.34. The number of thiophene rings is 1. The number of primary sulfonamides is 1. The Morgan fingerprint density at radius 3 is 2.78 bits per heavy atom. The zero-order valence-corrected chi connectivity index (χ0v) is 14.3. The number of sulfonamides is 1. The molecule has 2 aromatic heterocycles. The minimum Gasteiger partial charge on any atom is -0.363 e. The molecule has 0 amide bonds. The Balaban J connectivity index is 1.93. The second-order valence-corrected chi connectivity index (χ2v) is 8.08. The summed E-state index contributed by atoms with van der Waals surface area (Å²) in [4.78, 5) is 10.7. The number of nitrogens with two attached hydrogens (primary N) is 1. The van der Waals surface area contributed by atoms with Crippen LogP contribution in [-0.2, 0) is 10.0 Å². The lowest BCUT2D eigenvalue weighted by Crippen LogP contribution is -2.14. The standard InChI is InChI=1S/C15H16N4O2S2/c1-9-6-13-14(17-8-18-15(13)22-9)19-10(2)11-4-3-5-12(7-11)23(16,20)21/h3-8,10H,1-2H3,(H2,16,20,21)(H,17,18,19). The SMILES string of the molecule is Cc1cc2c(NC(C)c3cccc(S(N)(=O)=O)c3)ncnc2s1. The van der Waals surface area contributed by atoms with Gasteiger partial charge in [-0.25, -0.2) is 23.5 Å². The maximum Gasteiger partial charge on any atom is 0.238 e. The maximum absolute atomic E-state index is 11.5. The Labute approximate surface area is 138 Å². The van der Waals surface area contributed by atoms with Crippen LogP contribution in [0.5, 0.6) is 0 Å². The molecule has 120 valence electrons. The molecule has 0 aliphatic rings. The second-order valence-electron chi connectivity index (χ2n) is 5.28. The van der Waals surface area contributed by atoms with Crippen molar-refractivity contribution in [2.75, 3.05) is 5.32 Å². The second kappa shape index (κ2) is 5.88. The van der Waals surface area contributed by atoms with Crippen molar-refractivity contribution in [3.63, 3.8) is 0 Å². The van der Waals surface area contributed by atoms with Crippen LogP contribution >= 0.6 is 11.3 Å². The maximum atomic E-state index is 11.5. The van der Waals surface area contributed by atoms with E-state index in [1.54, 1.807) is 23.5 Å². The number of benzene rings is 1. The number of nitrogens with zero attached hydrogens (tertiary/aromatic N) is 2. The summed E-state index contributed by atoms with van der Waals surface area (Å²) >= 11 is 1.61. The van der Waals surface area contributed by atoms with E-state index in [1.807, 2.05) is 26.0 Å². The topological polar surface area (TPSA) is 98.0 Å². The molecule has 1 unspecified atom stereocenters. The summed E-state index contributed by atoms with van der Waals surface area (Å²) in [7, 11) is -3.71. The largest absolute Gasteiger partial charge is 0.363 e. The average Bonchev–Trinajstić information content (AvgIpc) is 2.88. The monoisotopic (exact) mass is 348 g/mol. The van der Waals surface area contributed by atoms with E-state index < -0.39 is 10.0 Å². The number of hydrogen-bond donors (Lipinski definition) is 2. The first kappa shape index (κ1) is 15.9. The van der Waals surface area contributed by atoms with Crippen LogP contribution in [0.2, 0.25) is 0 Å². The molecule has 1 aromatic carbocycles. The molecule has 0 radical (unpaired) electrons. The third kappa shape index (κ3) is 3.34. The molecule has 1 atom stereocenters. The summed E-state index contributed by atoms with van der Waals surface area (Å²) in [5, 5.41) is 9.46. The first-order chi connectivity index (χ1) is 10.8. The van der Waals surface area contributed by atoms with E-state index >= 15 is 0 Å². The summed E-state index contributed by atoms with van der Waals surface area (Å²) in [6.07, 6.45) is 1.52. The number of rotatable bonds is 4. The molecular formula is C15H16N4O2S2. The molecule has 0 saturated carbocycles. The molecule has 3 aromatic rings. The van der Waals surface area contributed by atoms with Crippen molar-refractivity contribution >= 4 is 37.4 Å². The van der Waals surface area contributed by atoms with Crippen LogP contribution in [0.15, 0.2) is 41.6 Å². The molecule has 0 aliphatic carbocycles. The number of fused-ring (bicyclic) bond motifs is 1. The van der Waals surface area contributed by atoms with Crippen molar-refractivity contribution in [3.05, 3.63) is 47.1 Å². The smallest absolute Gasteiger partial charge is 0.238 e. The van der Waals surface area contributed by atoms with Crippen LogP contribution in [0.25, 0.3) is 10.2 Å². The molecule has 0 aliphatic heterocycles.